The molecule has 2 saturated heterocycles. The van der Waals surface area contributed by atoms with Crippen molar-refractivity contribution in [2.45, 2.75) is 80.7 Å². The number of rotatable bonds is 8. The molecule has 0 bridgehead atoms. The van der Waals surface area contributed by atoms with E-state index in [1.807, 2.05) is 13.8 Å². The van der Waals surface area contributed by atoms with Gasteiger partial charge in [-0.3, -0.25) is 0 Å². The molecular formula is C23H34O12. The third-order valence-electron chi connectivity index (χ3n) is 6.35. The lowest BCUT2D eigenvalue weighted by Crippen LogP contribution is -2.60. The molecule has 10 atom stereocenters. The van der Waals surface area contributed by atoms with Crippen molar-refractivity contribution in [1.29, 1.82) is 0 Å². The maximum absolute atomic E-state index is 10.3. The zero-order chi connectivity index (χ0) is 26.1. The van der Waals surface area contributed by atoms with E-state index in [1.165, 1.54) is 12.1 Å². The van der Waals surface area contributed by atoms with E-state index >= 15 is 0 Å². The number of allylic oxidation sites excluding steroid dienone is 1. The molecule has 35 heavy (non-hydrogen) atoms. The van der Waals surface area contributed by atoms with Gasteiger partial charge in [0.05, 0.1) is 13.2 Å². The third kappa shape index (κ3) is 5.62. The molecule has 198 valence electrons. The number of hydrogen-bond donors (Lipinski definition) is 8. The topological polar surface area (TPSA) is 199 Å². The van der Waals surface area contributed by atoms with E-state index in [1.54, 1.807) is 12.1 Å². The molecule has 2 heterocycles. The van der Waals surface area contributed by atoms with Crippen LogP contribution in [-0.2, 0) is 14.9 Å². The molecule has 1 aromatic carbocycles. The number of hydrogen-bond acceptors (Lipinski definition) is 12. The fourth-order valence-corrected chi connectivity index (χ4v) is 3.89. The Hall–Kier alpha value is -1.84. The highest BCUT2D eigenvalue weighted by Crippen LogP contribution is 2.38. The molecule has 1 aromatic rings. The van der Waals surface area contributed by atoms with Crippen LogP contribution in [0.25, 0.3) is 0 Å². The maximum atomic E-state index is 10.3. The van der Waals surface area contributed by atoms with Gasteiger partial charge in [0.25, 0.3) is 0 Å². The first kappa shape index (κ1) is 27.7. The molecule has 10 unspecified atom stereocenters. The minimum atomic E-state index is -1.62. The van der Waals surface area contributed by atoms with Crippen LogP contribution in [-0.4, -0.2) is 115 Å². The van der Waals surface area contributed by atoms with Crippen LogP contribution in [0.3, 0.4) is 0 Å². The van der Waals surface area contributed by atoms with Crippen LogP contribution in [0.5, 0.6) is 11.5 Å². The maximum Gasteiger partial charge on any atom is 0.229 e. The Morgan fingerprint density at radius 2 is 1.29 bits per heavy atom. The van der Waals surface area contributed by atoms with Crippen molar-refractivity contribution in [3.8, 4) is 11.5 Å². The van der Waals surface area contributed by atoms with Gasteiger partial charge in [-0.15, -0.1) is 6.58 Å². The van der Waals surface area contributed by atoms with Crippen LogP contribution in [0.15, 0.2) is 30.9 Å². The molecule has 12 nitrogen and oxygen atoms in total. The predicted molar refractivity (Wildman–Crippen MR) is 118 cm³/mol. The molecule has 0 saturated carbocycles. The Bertz CT molecular complexity index is 859. The molecule has 2 aliphatic rings. The number of aliphatic hydroxyl groups excluding tert-OH is 8. The first-order valence-corrected chi connectivity index (χ1v) is 11.2. The molecule has 0 radical (unpaired) electrons. The van der Waals surface area contributed by atoms with E-state index in [0.717, 1.165) is 0 Å². The van der Waals surface area contributed by atoms with Crippen molar-refractivity contribution in [1.82, 2.24) is 0 Å². The monoisotopic (exact) mass is 502 g/mol. The summed E-state index contributed by atoms with van der Waals surface area (Å²) in [7, 11) is 0. The van der Waals surface area contributed by atoms with Crippen LogP contribution in [0, 0.1) is 0 Å². The van der Waals surface area contributed by atoms with E-state index in [2.05, 4.69) is 6.58 Å². The van der Waals surface area contributed by atoms with Crippen LogP contribution in [0.4, 0.5) is 0 Å². The zero-order valence-corrected chi connectivity index (χ0v) is 19.4. The third-order valence-corrected chi connectivity index (χ3v) is 6.35. The summed E-state index contributed by atoms with van der Waals surface area (Å²) in [6.45, 7) is 6.23. The molecule has 3 rings (SSSR count). The standard InChI is InChI=1S/C23H34O12/c1-4-23(2,3)11-7-10(32-21-19(30)17(28)15(26)13(8-24)34-21)5-6-12(11)33-22-20(31)18(29)16(27)14(9-25)35-22/h4-7,13-22,24-31H,1,8-9H2,2-3H3. The zero-order valence-electron chi connectivity index (χ0n) is 19.4. The Labute approximate surface area is 202 Å². The molecule has 0 aromatic heterocycles. The predicted octanol–water partition coefficient (Wildman–Crippen LogP) is -2.49. The van der Waals surface area contributed by atoms with Gasteiger partial charge in [0.2, 0.25) is 12.6 Å². The largest absolute Gasteiger partial charge is 0.462 e. The highest BCUT2D eigenvalue weighted by Gasteiger charge is 2.46. The van der Waals surface area contributed by atoms with Crippen molar-refractivity contribution in [3.05, 3.63) is 36.4 Å². The first-order chi connectivity index (χ1) is 16.4. The second-order valence-electron chi connectivity index (χ2n) is 9.21. The summed E-state index contributed by atoms with van der Waals surface area (Å²) in [6.07, 6.45) is -13.0. The van der Waals surface area contributed by atoms with Gasteiger partial charge in [-0.05, 0) is 18.2 Å². The van der Waals surface area contributed by atoms with E-state index in [0.29, 0.717) is 5.56 Å². The van der Waals surface area contributed by atoms with Crippen molar-refractivity contribution in [3.63, 3.8) is 0 Å². The Morgan fingerprint density at radius 3 is 1.74 bits per heavy atom. The van der Waals surface area contributed by atoms with E-state index in [4.69, 9.17) is 18.9 Å². The van der Waals surface area contributed by atoms with Gasteiger partial charge in [-0.25, -0.2) is 0 Å². The summed E-state index contributed by atoms with van der Waals surface area (Å²) >= 11 is 0. The summed E-state index contributed by atoms with van der Waals surface area (Å²) in [4.78, 5) is 0. The van der Waals surface area contributed by atoms with Gasteiger partial charge in [-0.1, -0.05) is 19.9 Å². The normalized spacial score (nSPS) is 38.1. The second-order valence-corrected chi connectivity index (χ2v) is 9.21. The summed E-state index contributed by atoms with van der Waals surface area (Å²) < 4.78 is 22.3. The highest BCUT2D eigenvalue weighted by atomic mass is 16.7. The van der Waals surface area contributed by atoms with Crippen LogP contribution >= 0.6 is 0 Å². The smallest absolute Gasteiger partial charge is 0.229 e. The van der Waals surface area contributed by atoms with Gasteiger partial charge in [0.1, 0.15) is 60.3 Å². The quantitative estimate of drug-likeness (QED) is 0.174. The highest BCUT2D eigenvalue weighted by molar-refractivity contribution is 5.46. The Balaban J connectivity index is 1.88. The summed E-state index contributed by atoms with van der Waals surface area (Å²) in [5.74, 6) is 0.390. The average Bonchev–Trinajstić information content (AvgIpc) is 2.85. The van der Waals surface area contributed by atoms with Crippen LogP contribution in [0.2, 0.25) is 0 Å². The molecule has 0 aliphatic carbocycles. The van der Waals surface area contributed by atoms with Gasteiger partial charge >= 0.3 is 0 Å². The lowest BCUT2D eigenvalue weighted by molar-refractivity contribution is -0.278. The average molecular weight is 503 g/mol. The first-order valence-electron chi connectivity index (χ1n) is 11.2. The van der Waals surface area contributed by atoms with Crippen molar-refractivity contribution in [2.24, 2.45) is 0 Å². The fraction of sp³-hybridized carbons (Fsp3) is 0.652. The molecule has 2 fully saturated rings. The number of aliphatic hydroxyl groups is 8. The summed E-state index contributed by atoms with van der Waals surface area (Å²) in [5.41, 5.74) is -0.232. The molecule has 8 N–H and O–H groups in total. The SMILES string of the molecule is C=CC(C)(C)c1cc(OC2OC(CO)C(O)C(O)C2O)ccc1OC1OC(CO)C(O)C(O)C1O. The minimum absolute atomic E-state index is 0.181. The lowest BCUT2D eigenvalue weighted by Gasteiger charge is -2.40. The summed E-state index contributed by atoms with van der Waals surface area (Å²) in [6, 6.07) is 4.47. The van der Waals surface area contributed by atoms with E-state index in [9.17, 15) is 40.9 Å². The van der Waals surface area contributed by atoms with Gasteiger partial charge in [0.15, 0.2) is 0 Å². The van der Waals surface area contributed by atoms with E-state index in [-0.39, 0.29) is 11.5 Å². The lowest BCUT2D eigenvalue weighted by atomic mass is 9.84. The molecule has 0 spiro atoms. The summed E-state index contributed by atoms with van der Waals surface area (Å²) in [5, 5.41) is 79.4. The molecular weight excluding hydrogens is 468 g/mol. The van der Waals surface area contributed by atoms with E-state index < -0.39 is 80.0 Å². The minimum Gasteiger partial charge on any atom is -0.462 e. The van der Waals surface area contributed by atoms with Gasteiger partial charge in [0, 0.05) is 11.0 Å². The van der Waals surface area contributed by atoms with Crippen LogP contribution < -0.4 is 9.47 Å². The number of benzene rings is 1. The van der Waals surface area contributed by atoms with Crippen molar-refractivity contribution >= 4 is 0 Å². The van der Waals surface area contributed by atoms with Crippen molar-refractivity contribution in [2.75, 3.05) is 13.2 Å². The Kier molecular flexibility index (Phi) is 8.76. The van der Waals surface area contributed by atoms with Crippen LogP contribution in [0.1, 0.15) is 19.4 Å². The van der Waals surface area contributed by atoms with Gasteiger partial charge < -0.3 is 59.8 Å². The molecule has 12 heteroatoms. The second kappa shape index (κ2) is 11.0. The molecule has 2 aliphatic heterocycles. The Morgan fingerprint density at radius 1 is 0.800 bits per heavy atom. The molecule has 0 amide bonds. The van der Waals surface area contributed by atoms with Crippen molar-refractivity contribution < 1.29 is 59.8 Å². The fourth-order valence-electron chi connectivity index (χ4n) is 3.89. The van der Waals surface area contributed by atoms with Gasteiger partial charge in [-0.2, -0.15) is 0 Å². The number of ether oxygens (including phenoxy) is 4.